The SMILES string of the molecule is CC(C)(O)CNc1cccc2cc[nH]c12. The molecule has 0 atom stereocenters. The van der Waals surface area contributed by atoms with Crippen LogP contribution in [-0.2, 0) is 0 Å². The van der Waals surface area contributed by atoms with E-state index in [1.807, 2.05) is 24.4 Å². The third-order valence-electron chi connectivity index (χ3n) is 2.30. The van der Waals surface area contributed by atoms with Gasteiger partial charge in [-0.1, -0.05) is 12.1 Å². The summed E-state index contributed by atoms with van der Waals surface area (Å²) in [4.78, 5) is 3.18. The zero-order valence-electron chi connectivity index (χ0n) is 9.04. The van der Waals surface area contributed by atoms with Gasteiger partial charge in [-0.05, 0) is 26.0 Å². The maximum atomic E-state index is 9.63. The van der Waals surface area contributed by atoms with E-state index in [9.17, 15) is 5.11 Å². The van der Waals surface area contributed by atoms with Gasteiger partial charge in [0.1, 0.15) is 0 Å². The van der Waals surface area contributed by atoms with E-state index < -0.39 is 5.60 Å². The van der Waals surface area contributed by atoms with Crippen LogP contribution in [0.3, 0.4) is 0 Å². The van der Waals surface area contributed by atoms with Crippen molar-refractivity contribution in [3.8, 4) is 0 Å². The molecule has 0 aliphatic rings. The summed E-state index contributed by atoms with van der Waals surface area (Å²) < 4.78 is 0. The molecule has 1 aromatic carbocycles. The Labute approximate surface area is 89.1 Å². The number of aliphatic hydroxyl groups is 1. The number of nitrogens with one attached hydrogen (secondary N) is 2. The molecule has 0 spiro atoms. The van der Waals surface area contributed by atoms with Crippen LogP contribution in [0.5, 0.6) is 0 Å². The van der Waals surface area contributed by atoms with Crippen LogP contribution in [0.25, 0.3) is 10.9 Å². The molecule has 2 aromatic rings. The number of fused-ring (bicyclic) bond motifs is 1. The summed E-state index contributed by atoms with van der Waals surface area (Å²) in [6.07, 6.45) is 1.92. The van der Waals surface area contributed by atoms with E-state index in [4.69, 9.17) is 0 Å². The summed E-state index contributed by atoms with van der Waals surface area (Å²) in [6, 6.07) is 8.10. The minimum Gasteiger partial charge on any atom is -0.389 e. The predicted octanol–water partition coefficient (Wildman–Crippen LogP) is 2.35. The highest BCUT2D eigenvalue weighted by Crippen LogP contribution is 2.21. The van der Waals surface area contributed by atoms with E-state index in [0.29, 0.717) is 6.54 Å². The van der Waals surface area contributed by atoms with Gasteiger partial charge in [0, 0.05) is 18.1 Å². The van der Waals surface area contributed by atoms with Crippen molar-refractivity contribution in [2.24, 2.45) is 0 Å². The lowest BCUT2D eigenvalue weighted by Gasteiger charge is -2.18. The number of rotatable bonds is 3. The Morgan fingerprint density at radius 3 is 2.87 bits per heavy atom. The molecule has 1 heterocycles. The quantitative estimate of drug-likeness (QED) is 0.718. The third-order valence-corrected chi connectivity index (χ3v) is 2.30. The Hall–Kier alpha value is -1.48. The summed E-state index contributed by atoms with van der Waals surface area (Å²) in [7, 11) is 0. The summed E-state index contributed by atoms with van der Waals surface area (Å²) in [5, 5.41) is 14.0. The van der Waals surface area contributed by atoms with E-state index in [0.717, 1.165) is 11.2 Å². The van der Waals surface area contributed by atoms with Crippen molar-refractivity contribution in [2.75, 3.05) is 11.9 Å². The molecule has 0 aliphatic heterocycles. The fourth-order valence-corrected chi connectivity index (χ4v) is 1.54. The fraction of sp³-hybridized carbons (Fsp3) is 0.333. The molecular formula is C12H16N2O. The van der Waals surface area contributed by atoms with Crippen molar-refractivity contribution in [1.82, 2.24) is 4.98 Å². The molecule has 0 radical (unpaired) electrons. The molecule has 0 saturated carbocycles. The average Bonchev–Trinajstić information content (AvgIpc) is 2.61. The molecule has 0 aliphatic carbocycles. The van der Waals surface area contributed by atoms with E-state index in [2.05, 4.69) is 16.4 Å². The van der Waals surface area contributed by atoms with Crippen LogP contribution in [0.1, 0.15) is 13.8 Å². The Kier molecular flexibility index (Phi) is 2.40. The molecule has 80 valence electrons. The number of aromatic amines is 1. The molecule has 3 heteroatoms. The van der Waals surface area contributed by atoms with Crippen molar-refractivity contribution < 1.29 is 5.11 Å². The number of H-pyrrole nitrogens is 1. The summed E-state index contributed by atoms with van der Waals surface area (Å²) in [5.74, 6) is 0. The summed E-state index contributed by atoms with van der Waals surface area (Å²) >= 11 is 0. The number of para-hydroxylation sites is 1. The van der Waals surface area contributed by atoms with Gasteiger partial charge in [0.2, 0.25) is 0 Å². The molecule has 0 amide bonds. The monoisotopic (exact) mass is 204 g/mol. The smallest absolute Gasteiger partial charge is 0.0763 e. The highest BCUT2D eigenvalue weighted by molar-refractivity contribution is 5.90. The van der Waals surface area contributed by atoms with Gasteiger partial charge >= 0.3 is 0 Å². The van der Waals surface area contributed by atoms with Crippen LogP contribution in [0.4, 0.5) is 5.69 Å². The lowest BCUT2D eigenvalue weighted by atomic mass is 10.1. The molecule has 15 heavy (non-hydrogen) atoms. The number of hydrogen-bond acceptors (Lipinski definition) is 2. The Morgan fingerprint density at radius 1 is 1.33 bits per heavy atom. The highest BCUT2D eigenvalue weighted by atomic mass is 16.3. The largest absolute Gasteiger partial charge is 0.389 e. The molecule has 0 saturated heterocycles. The van der Waals surface area contributed by atoms with Crippen molar-refractivity contribution >= 4 is 16.6 Å². The van der Waals surface area contributed by atoms with E-state index in [1.165, 1.54) is 5.39 Å². The first-order chi connectivity index (χ1) is 7.06. The molecule has 0 bridgehead atoms. The van der Waals surface area contributed by atoms with Gasteiger partial charge in [0.05, 0.1) is 16.8 Å². The Bertz CT molecular complexity index is 454. The minimum absolute atomic E-state index is 0.533. The lowest BCUT2D eigenvalue weighted by molar-refractivity contribution is 0.0945. The van der Waals surface area contributed by atoms with Gasteiger partial charge in [-0.3, -0.25) is 0 Å². The van der Waals surface area contributed by atoms with Crippen LogP contribution in [0.2, 0.25) is 0 Å². The van der Waals surface area contributed by atoms with Gasteiger partial charge in [-0.15, -0.1) is 0 Å². The second kappa shape index (κ2) is 3.59. The Balaban J connectivity index is 2.24. The highest BCUT2D eigenvalue weighted by Gasteiger charge is 2.12. The molecule has 0 unspecified atom stereocenters. The number of benzene rings is 1. The van der Waals surface area contributed by atoms with Gasteiger partial charge < -0.3 is 15.4 Å². The average molecular weight is 204 g/mol. The maximum Gasteiger partial charge on any atom is 0.0763 e. The van der Waals surface area contributed by atoms with Crippen LogP contribution in [-0.4, -0.2) is 22.2 Å². The van der Waals surface area contributed by atoms with Crippen LogP contribution in [0, 0.1) is 0 Å². The van der Waals surface area contributed by atoms with Gasteiger partial charge in [-0.25, -0.2) is 0 Å². The summed E-state index contributed by atoms with van der Waals surface area (Å²) in [5.41, 5.74) is 1.41. The molecular weight excluding hydrogens is 188 g/mol. The summed E-state index contributed by atoms with van der Waals surface area (Å²) in [6.45, 7) is 4.11. The first kappa shape index (κ1) is 10.1. The standard InChI is InChI=1S/C12H16N2O/c1-12(2,15)8-14-10-5-3-4-9-6-7-13-11(9)10/h3-7,13-15H,8H2,1-2H3. The first-order valence-corrected chi connectivity index (χ1v) is 5.09. The van der Waals surface area contributed by atoms with Crippen LogP contribution >= 0.6 is 0 Å². The second-order valence-corrected chi connectivity index (χ2v) is 4.41. The normalized spacial score (nSPS) is 11.9. The second-order valence-electron chi connectivity index (χ2n) is 4.41. The molecule has 2 rings (SSSR count). The first-order valence-electron chi connectivity index (χ1n) is 5.09. The van der Waals surface area contributed by atoms with Gasteiger partial charge in [0.15, 0.2) is 0 Å². The molecule has 1 aromatic heterocycles. The van der Waals surface area contributed by atoms with E-state index >= 15 is 0 Å². The van der Waals surface area contributed by atoms with Gasteiger partial charge in [0.25, 0.3) is 0 Å². The van der Waals surface area contributed by atoms with Crippen molar-refractivity contribution in [1.29, 1.82) is 0 Å². The predicted molar refractivity (Wildman–Crippen MR) is 63.1 cm³/mol. The van der Waals surface area contributed by atoms with Crippen LogP contribution in [0.15, 0.2) is 30.5 Å². The topological polar surface area (TPSA) is 48.0 Å². The fourth-order valence-electron chi connectivity index (χ4n) is 1.54. The number of hydrogen-bond donors (Lipinski definition) is 3. The van der Waals surface area contributed by atoms with Crippen molar-refractivity contribution in [3.05, 3.63) is 30.5 Å². The molecule has 3 nitrogen and oxygen atoms in total. The lowest BCUT2D eigenvalue weighted by Crippen LogP contribution is -2.29. The molecule has 3 N–H and O–H groups in total. The van der Waals surface area contributed by atoms with Gasteiger partial charge in [-0.2, -0.15) is 0 Å². The van der Waals surface area contributed by atoms with E-state index in [-0.39, 0.29) is 0 Å². The van der Waals surface area contributed by atoms with E-state index in [1.54, 1.807) is 13.8 Å². The number of anilines is 1. The Morgan fingerprint density at radius 2 is 2.13 bits per heavy atom. The minimum atomic E-state index is -0.700. The third kappa shape index (κ3) is 2.30. The number of aromatic nitrogens is 1. The zero-order chi connectivity index (χ0) is 10.9. The zero-order valence-corrected chi connectivity index (χ0v) is 9.04. The van der Waals surface area contributed by atoms with Crippen molar-refractivity contribution in [2.45, 2.75) is 19.4 Å². The maximum absolute atomic E-state index is 9.63. The van der Waals surface area contributed by atoms with Crippen LogP contribution < -0.4 is 5.32 Å². The van der Waals surface area contributed by atoms with Crippen molar-refractivity contribution in [3.63, 3.8) is 0 Å². The molecule has 0 fully saturated rings.